The molecule has 0 radical (unpaired) electrons. The summed E-state index contributed by atoms with van der Waals surface area (Å²) in [5, 5.41) is 12.6. The van der Waals surface area contributed by atoms with Crippen molar-refractivity contribution in [3.63, 3.8) is 0 Å². The molecule has 1 fully saturated rings. The molecule has 172 valence electrons. The lowest BCUT2D eigenvalue weighted by Gasteiger charge is -2.35. The van der Waals surface area contributed by atoms with Crippen molar-refractivity contribution in [3.05, 3.63) is 72.4 Å². The zero-order chi connectivity index (χ0) is 22.5. The van der Waals surface area contributed by atoms with Crippen molar-refractivity contribution in [3.8, 4) is 11.4 Å². The standard InChI is InChI=1S/C26H32N6O/c1-33-24-7-2-4-20(15-24)14-22(31-12-10-27-11-13-31)6-3-5-21-17-28-26-9-8-23(16-25(21)26)32-18-29-30-19-32/h2,4,7-9,15-19,22,27-28H,3,5-6,10-14H2,1H3. The third kappa shape index (κ3) is 5.10. The fourth-order valence-corrected chi connectivity index (χ4v) is 4.93. The molecule has 0 saturated carbocycles. The van der Waals surface area contributed by atoms with Crippen molar-refractivity contribution >= 4 is 10.9 Å². The van der Waals surface area contributed by atoms with E-state index >= 15 is 0 Å². The maximum absolute atomic E-state index is 5.45. The van der Waals surface area contributed by atoms with E-state index in [2.05, 4.69) is 68.0 Å². The molecule has 2 N–H and O–H groups in total. The molecule has 33 heavy (non-hydrogen) atoms. The lowest BCUT2D eigenvalue weighted by molar-refractivity contribution is 0.161. The molecular formula is C26H32N6O. The number of piperazine rings is 1. The molecule has 2 aromatic heterocycles. The summed E-state index contributed by atoms with van der Waals surface area (Å²) in [6.45, 7) is 4.37. The Balaban J connectivity index is 1.29. The SMILES string of the molecule is COc1cccc(CC(CCCc2c[nH]c3ccc(-n4cnnc4)cc23)N2CCNCC2)c1. The van der Waals surface area contributed by atoms with Crippen molar-refractivity contribution in [2.75, 3.05) is 33.3 Å². The van der Waals surface area contributed by atoms with Gasteiger partial charge in [-0.15, -0.1) is 10.2 Å². The van der Waals surface area contributed by atoms with Gasteiger partial charge in [0.2, 0.25) is 0 Å². The van der Waals surface area contributed by atoms with Crippen molar-refractivity contribution < 1.29 is 4.74 Å². The van der Waals surface area contributed by atoms with Gasteiger partial charge in [-0.3, -0.25) is 9.47 Å². The van der Waals surface area contributed by atoms with E-state index in [1.54, 1.807) is 19.8 Å². The van der Waals surface area contributed by atoms with Crippen LogP contribution in [-0.2, 0) is 12.8 Å². The molecule has 1 atom stereocenters. The summed E-state index contributed by atoms with van der Waals surface area (Å²) in [5.74, 6) is 0.939. The monoisotopic (exact) mass is 444 g/mol. The molecule has 1 saturated heterocycles. The van der Waals surface area contributed by atoms with Crippen LogP contribution >= 0.6 is 0 Å². The van der Waals surface area contributed by atoms with E-state index in [1.807, 2.05) is 10.6 Å². The van der Waals surface area contributed by atoms with Gasteiger partial charge in [-0.2, -0.15) is 0 Å². The van der Waals surface area contributed by atoms with Crippen LogP contribution in [0.25, 0.3) is 16.6 Å². The number of nitrogens with one attached hydrogen (secondary N) is 2. The maximum atomic E-state index is 5.45. The maximum Gasteiger partial charge on any atom is 0.123 e. The molecule has 3 heterocycles. The smallest absolute Gasteiger partial charge is 0.123 e. The van der Waals surface area contributed by atoms with Gasteiger partial charge in [-0.25, -0.2) is 0 Å². The average Bonchev–Trinajstić information content (AvgIpc) is 3.54. The first-order valence-electron chi connectivity index (χ1n) is 11.8. The molecule has 0 amide bonds. The molecule has 7 heteroatoms. The van der Waals surface area contributed by atoms with Crippen LogP contribution in [0.3, 0.4) is 0 Å². The number of H-pyrrole nitrogens is 1. The average molecular weight is 445 g/mol. The molecule has 0 aliphatic carbocycles. The van der Waals surface area contributed by atoms with Gasteiger partial charge in [0.05, 0.1) is 7.11 Å². The van der Waals surface area contributed by atoms with E-state index in [9.17, 15) is 0 Å². The van der Waals surface area contributed by atoms with Gasteiger partial charge in [0.25, 0.3) is 0 Å². The number of fused-ring (bicyclic) bond motifs is 1. The van der Waals surface area contributed by atoms with E-state index < -0.39 is 0 Å². The lowest BCUT2D eigenvalue weighted by atomic mass is 9.97. The zero-order valence-electron chi connectivity index (χ0n) is 19.2. The minimum atomic E-state index is 0.539. The summed E-state index contributed by atoms with van der Waals surface area (Å²) in [6.07, 6.45) is 10.1. The summed E-state index contributed by atoms with van der Waals surface area (Å²) in [4.78, 5) is 6.10. The third-order valence-electron chi connectivity index (χ3n) is 6.72. The van der Waals surface area contributed by atoms with Crippen molar-refractivity contribution in [2.45, 2.75) is 31.7 Å². The van der Waals surface area contributed by atoms with Crippen LogP contribution < -0.4 is 10.1 Å². The number of methoxy groups -OCH3 is 1. The Hall–Kier alpha value is -3.16. The van der Waals surface area contributed by atoms with E-state index in [0.717, 1.165) is 56.9 Å². The number of hydrogen-bond acceptors (Lipinski definition) is 5. The highest BCUT2D eigenvalue weighted by atomic mass is 16.5. The number of rotatable bonds is 9. The summed E-state index contributed by atoms with van der Waals surface area (Å²) >= 11 is 0. The minimum Gasteiger partial charge on any atom is -0.497 e. The van der Waals surface area contributed by atoms with Crippen LogP contribution in [-0.4, -0.2) is 64.0 Å². The topological polar surface area (TPSA) is 71.0 Å². The van der Waals surface area contributed by atoms with E-state index in [-0.39, 0.29) is 0 Å². The van der Waals surface area contributed by atoms with E-state index in [0.29, 0.717) is 6.04 Å². The van der Waals surface area contributed by atoms with Gasteiger partial charge in [0, 0.05) is 55.0 Å². The first kappa shape index (κ1) is 21.7. The molecule has 2 aromatic carbocycles. The minimum absolute atomic E-state index is 0.539. The fourth-order valence-electron chi connectivity index (χ4n) is 4.93. The Kier molecular flexibility index (Phi) is 6.69. The highest BCUT2D eigenvalue weighted by Crippen LogP contribution is 2.25. The quantitative estimate of drug-likeness (QED) is 0.413. The Morgan fingerprint density at radius 2 is 1.91 bits per heavy atom. The van der Waals surface area contributed by atoms with Gasteiger partial charge in [-0.05, 0) is 67.1 Å². The summed E-state index contributed by atoms with van der Waals surface area (Å²) in [5.41, 5.74) is 4.99. The Bertz CT molecular complexity index is 1160. The van der Waals surface area contributed by atoms with Crippen LogP contribution in [0, 0.1) is 0 Å². The Morgan fingerprint density at radius 1 is 1.06 bits per heavy atom. The molecule has 5 rings (SSSR count). The molecule has 4 aromatic rings. The highest BCUT2D eigenvalue weighted by molar-refractivity contribution is 5.85. The molecule has 1 aliphatic rings. The number of aromatic amines is 1. The number of aromatic nitrogens is 4. The van der Waals surface area contributed by atoms with Crippen molar-refractivity contribution in [1.82, 2.24) is 30.0 Å². The molecular weight excluding hydrogens is 412 g/mol. The van der Waals surface area contributed by atoms with Crippen LogP contribution in [0.5, 0.6) is 5.75 Å². The van der Waals surface area contributed by atoms with Crippen molar-refractivity contribution in [1.29, 1.82) is 0 Å². The second-order valence-corrected chi connectivity index (χ2v) is 8.80. The number of aryl methyl sites for hydroxylation is 1. The molecule has 1 aliphatic heterocycles. The fraction of sp³-hybridized carbons (Fsp3) is 0.385. The van der Waals surface area contributed by atoms with Gasteiger partial charge in [-0.1, -0.05) is 12.1 Å². The second kappa shape index (κ2) is 10.2. The largest absolute Gasteiger partial charge is 0.497 e. The van der Waals surface area contributed by atoms with Crippen LogP contribution in [0.2, 0.25) is 0 Å². The van der Waals surface area contributed by atoms with Gasteiger partial charge in [0.15, 0.2) is 0 Å². The number of hydrogen-bond donors (Lipinski definition) is 2. The first-order valence-corrected chi connectivity index (χ1v) is 11.8. The number of benzene rings is 2. The highest BCUT2D eigenvalue weighted by Gasteiger charge is 2.21. The zero-order valence-corrected chi connectivity index (χ0v) is 19.2. The Labute approximate surface area is 194 Å². The second-order valence-electron chi connectivity index (χ2n) is 8.80. The lowest BCUT2D eigenvalue weighted by Crippen LogP contribution is -2.49. The third-order valence-corrected chi connectivity index (χ3v) is 6.72. The number of nitrogens with zero attached hydrogens (tertiary/aromatic N) is 4. The predicted octanol–water partition coefficient (Wildman–Crippen LogP) is 3.60. The van der Waals surface area contributed by atoms with Gasteiger partial charge in [0.1, 0.15) is 18.4 Å². The van der Waals surface area contributed by atoms with Gasteiger partial charge >= 0.3 is 0 Å². The van der Waals surface area contributed by atoms with Gasteiger partial charge < -0.3 is 15.0 Å². The molecule has 7 nitrogen and oxygen atoms in total. The van der Waals surface area contributed by atoms with E-state index in [4.69, 9.17) is 4.74 Å². The molecule has 0 spiro atoms. The predicted molar refractivity (Wildman–Crippen MR) is 131 cm³/mol. The Morgan fingerprint density at radius 3 is 2.73 bits per heavy atom. The normalized spacial score (nSPS) is 15.7. The summed E-state index contributed by atoms with van der Waals surface area (Å²) in [7, 11) is 1.74. The number of ether oxygens (including phenoxy) is 1. The first-order chi connectivity index (χ1) is 16.3. The summed E-state index contributed by atoms with van der Waals surface area (Å²) in [6, 6.07) is 15.5. The van der Waals surface area contributed by atoms with E-state index in [1.165, 1.54) is 28.5 Å². The molecule has 1 unspecified atom stereocenters. The molecule has 0 bridgehead atoms. The van der Waals surface area contributed by atoms with Crippen LogP contribution in [0.4, 0.5) is 0 Å². The van der Waals surface area contributed by atoms with Crippen LogP contribution in [0.1, 0.15) is 24.0 Å². The van der Waals surface area contributed by atoms with Crippen LogP contribution in [0.15, 0.2) is 61.3 Å². The summed E-state index contributed by atoms with van der Waals surface area (Å²) < 4.78 is 7.40. The van der Waals surface area contributed by atoms with Crippen molar-refractivity contribution in [2.24, 2.45) is 0 Å².